The van der Waals surface area contributed by atoms with Gasteiger partial charge in [-0.1, -0.05) is 6.58 Å². The summed E-state index contributed by atoms with van der Waals surface area (Å²) in [5, 5.41) is 8.97. The van der Waals surface area contributed by atoms with Gasteiger partial charge in [-0.25, -0.2) is 0 Å². The van der Waals surface area contributed by atoms with Crippen LogP contribution in [-0.4, -0.2) is 29.4 Å². The zero-order valence-electron chi connectivity index (χ0n) is 9.32. The molecule has 1 atom stereocenters. The standard InChI is InChI=1S/C12H14O4/c1-4-10(14)12(16-3)6-9(7-13)5-8(2)11(12)15/h4-5,7,13H,1,6H2,2-3H3/b9-7+. The molecule has 0 aromatic rings. The fraction of sp³-hybridized carbons (Fsp3) is 0.333. The first-order chi connectivity index (χ1) is 7.51. The molecule has 0 fully saturated rings. The van der Waals surface area contributed by atoms with Crippen LogP contribution in [0.3, 0.4) is 0 Å². The van der Waals surface area contributed by atoms with Gasteiger partial charge in [0, 0.05) is 13.5 Å². The molecule has 0 spiro atoms. The van der Waals surface area contributed by atoms with Crippen LogP contribution in [0, 0.1) is 0 Å². The van der Waals surface area contributed by atoms with Gasteiger partial charge in [-0.05, 0) is 30.2 Å². The number of carbonyl (C=O) groups is 2. The summed E-state index contributed by atoms with van der Waals surface area (Å²) >= 11 is 0. The summed E-state index contributed by atoms with van der Waals surface area (Å²) in [7, 11) is 1.30. The molecule has 0 amide bonds. The molecule has 0 aromatic heterocycles. The molecule has 1 aliphatic rings. The van der Waals surface area contributed by atoms with Crippen molar-refractivity contribution in [3.63, 3.8) is 0 Å². The number of aliphatic hydroxyl groups excluding tert-OH is 1. The minimum Gasteiger partial charge on any atom is -0.515 e. The van der Waals surface area contributed by atoms with Gasteiger partial charge in [0.05, 0.1) is 6.26 Å². The normalized spacial score (nSPS) is 27.8. The summed E-state index contributed by atoms with van der Waals surface area (Å²) in [5.74, 6) is -0.877. The lowest BCUT2D eigenvalue weighted by Gasteiger charge is -2.32. The van der Waals surface area contributed by atoms with E-state index in [0.717, 1.165) is 12.3 Å². The van der Waals surface area contributed by atoms with Crippen molar-refractivity contribution in [3.8, 4) is 0 Å². The van der Waals surface area contributed by atoms with E-state index in [1.807, 2.05) is 0 Å². The minimum absolute atomic E-state index is 0.0288. The fourth-order valence-electron chi connectivity index (χ4n) is 1.79. The molecule has 1 N–H and O–H groups in total. The van der Waals surface area contributed by atoms with Gasteiger partial charge in [-0.15, -0.1) is 0 Å². The maximum Gasteiger partial charge on any atom is 0.198 e. The van der Waals surface area contributed by atoms with E-state index >= 15 is 0 Å². The zero-order chi connectivity index (χ0) is 12.3. The number of ether oxygens (including phenoxy) is 1. The van der Waals surface area contributed by atoms with Crippen LogP contribution in [0.25, 0.3) is 0 Å². The quantitative estimate of drug-likeness (QED) is 0.446. The third kappa shape index (κ3) is 1.72. The molecular weight excluding hydrogens is 208 g/mol. The van der Waals surface area contributed by atoms with Crippen molar-refractivity contribution in [1.82, 2.24) is 0 Å². The summed E-state index contributed by atoms with van der Waals surface area (Å²) in [6, 6.07) is 0. The molecule has 86 valence electrons. The number of carbonyl (C=O) groups excluding carboxylic acids is 2. The van der Waals surface area contributed by atoms with Crippen LogP contribution in [-0.2, 0) is 14.3 Å². The number of allylic oxidation sites excluding steroid dienone is 1. The predicted molar refractivity (Wildman–Crippen MR) is 59.0 cm³/mol. The van der Waals surface area contributed by atoms with Gasteiger partial charge in [-0.2, -0.15) is 0 Å². The van der Waals surface area contributed by atoms with Crippen molar-refractivity contribution >= 4 is 11.6 Å². The second-order valence-corrected chi connectivity index (χ2v) is 3.64. The van der Waals surface area contributed by atoms with Gasteiger partial charge in [-0.3, -0.25) is 9.59 Å². The Bertz CT molecular complexity index is 403. The Morgan fingerprint density at radius 3 is 2.75 bits per heavy atom. The number of aliphatic hydroxyl groups is 1. The van der Waals surface area contributed by atoms with Gasteiger partial charge >= 0.3 is 0 Å². The molecule has 0 saturated carbocycles. The molecule has 16 heavy (non-hydrogen) atoms. The second-order valence-electron chi connectivity index (χ2n) is 3.64. The molecule has 0 heterocycles. The van der Waals surface area contributed by atoms with Gasteiger partial charge < -0.3 is 9.84 Å². The van der Waals surface area contributed by atoms with E-state index in [1.165, 1.54) is 13.2 Å². The number of methoxy groups -OCH3 is 1. The molecule has 1 unspecified atom stereocenters. The molecule has 4 heteroatoms. The van der Waals surface area contributed by atoms with E-state index in [1.54, 1.807) is 6.92 Å². The number of hydrogen-bond donors (Lipinski definition) is 1. The lowest BCUT2D eigenvalue weighted by molar-refractivity contribution is -0.149. The van der Waals surface area contributed by atoms with Crippen LogP contribution in [0.5, 0.6) is 0 Å². The Kier molecular flexibility index (Phi) is 3.44. The molecule has 0 bridgehead atoms. The van der Waals surface area contributed by atoms with Crippen LogP contribution in [0.1, 0.15) is 13.3 Å². The lowest BCUT2D eigenvalue weighted by Crippen LogP contribution is -2.50. The van der Waals surface area contributed by atoms with E-state index in [2.05, 4.69) is 6.58 Å². The number of Topliss-reactive ketones (excluding diaryl/α,β-unsaturated/α-hetero) is 1. The van der Waals surface area contributed by atoms with E-state index in [0.29, 0.717) is 11.1 Å². The first-order valence-corrected chi connectivity index (χ1v) is 4.80. The zero-order valence-corrected chi connectivity index (χ0v) is 9.32. The van der Waals surface area contributed by atoms with Gasteiger partial charge in [0.25, 0.3) is 0 Å². The third-order valence-corrected chi connectivity index (χ3v) is 2.68. The van der Waals surface area contributed by atoms with Crippen molar-refractivity contribution in [2.45, 2.75) is 18.9 Å². The summed E-state index contributed by atoms with van der Waals surface area (Å²) in [5.41, 5.74) is -0.701. The van der Waals surface area contributed by atoms with Crippen molar-refractivity contribution in [2.24, 2.45) is 0 Å². The first kappa shape index (κ1) is 12.4. The Balaban J connectivity index is 3.32. The highest BCUT2D eigenvalue weighted by Gasteiger charge is 2.47. The second kappa shape index (κ2) is 4.45. The van der Waals surface area contributed by atoms with Crippen molar-refractivity contribution in [2.75, 3.05) is 7.11 Å². The Morgan fingerprint density at radius 2 is 2.31 bits per heavy atom. The molecule has 0 aromatic carbocycles. The van der Waals surface area contributed by atoms with Gasteiger partial charge in [0.1, 0.15) is 0 Å². The maximum atomic E-state index is 12.0. The van der Waals surface area contributed by atoms with Crippen LogP contribution in [0.2, 0.25) is 0 Å². The van der Waals surface area contributed by atoms with Gasteiger partial charge in [0.15, 0.2) is 17.2 Å². The number of ketones is 2. The van der Waals surface area contributed by atoms with E-state index in [9.17, 15) is 9.59 Å². The highest BCUT2D eigenvalue weighted by atomic mass is 16.5. The minimum atomic E-state index is -1.56. The number of rotatable bonds is 3. The van der Waals surface area contributed by atoms with Crippen LogP contribution >= 0.6 is 0 Å². The van der Waals surface area contributed by atoms with E-state index < -0.39 is 11.4 Å². The number of hydrogen-bond acceptors (Lipinski definition) is 4. The molecule has 4 nitrogen and oxygen atoms in total. The SMILES string of the molecule is C=CC(=O)C1(OC)C/C(=C/O)C=C(C)C1=O. The van der Waals surface area contributed by atoms with Crippen LogP contribution in [0.4, 0.5) is 0 Å². The van der Waals surface area contributed by atoms with Crippen LogP contribution < -0.4 is 0 Å². The average molecular weight is 222 g/mol. The van der Waals surface area contributed by atoms with Crippen LogP contribution in [0.15, 0.2) is 36.1 Å². The summed E-state index contributed by atoms with van der Waals surface area (Å²) < 4.78 is 5.08. The maximum absolute atomic E-state index is 12.0. The lowest BCUT2D eigenvalue weighted by atomic mass is 9.78. The predicted octanol–water partition coefficient (Wildman–Crippen LogP) is 1.49. The van der Waals surface area contributed by atoms with Crippen molar-refractivity contribution < 1.29 is 19.4 Å². The highest BCUT2D eigenvalue weighted by Crippen LogP contribution is 2.32. The Hall–Kier alpha value is -1.68. The molecule has 1 rings (SSSR count). The Morgan fingerprint density at radius 1 is 1.69 bits per heavy atom. The van der Waals surface area contributed by atoms with Gasteiger partial charge in [0.2, 0.25) is 0 Å². The van der Waals surface area contributed by atoms with E-state index in [-0.39, 0.29) is 12.2 Å². The fourth-order valence-corrected chi connectivity index (χ4v) is 1.79. The molecule has 0 saturated heterocycles. The first-order valence-electron chi connectivity index (χ1n) is 4.80. The summed E-state index contributed by atoms with van der Waals surface area (Å²) in [4.78, 5) is 23.7. The summed E-state index contributed by atoms with van der Waals surface area (Å²) in [6.45, 7) is 4.93. The molecule has 1 aliphatic carbocycles. The highest BCUT2D eigenvalue weighted by molar-refractivity contribution is 6.21. The smallest absolute Gasteiger partial charge is 0.198 e. The average Bonchev–Trinajstić information content (AvgIpc) is 2.31. The summed E-state index contributed by atoms with van der Waals surface area (Å²) in [6.07, 6.45) is 3.51. The largest absolute Gasteiger partial charge is 0.515 e. The third-order valence-electron chi connectivity index (χ3n) is 2.68. The molecule has 0 aliphatic heterocycles. The topological polar surface area (TPSA) is 63.6 Å². The van der Waals surface area contributed by atoms with Crippen molar-refractivity contribution in [3.05, 3.63) is 36.1 Å². The molecular formula is C12H14O4. The molecule has 0 radical (unpaired) electrons. The van der Waals surface area contributed by atoms with Crippen molar-refractivity contribution in [1.29, 1.82) is 0 Å². The Labute approximate surface area is 93.9 Å². The van der Waals surface area contributed by atoms with E-state index in [4.69, 9.17) is 9.84 Å². The monoisotopic (exact) mass is 222 g/mol.